The highest BCUT2D eigenvalue weighted by Gasteiger charge is 2.23. The number of nitrogens with one attached hydrogen (secondary N) is 1. The molecule has 0 unspecified atom stereocenters. The van der Waals surface area contributed by atoms with Gasteiger partial charge in [-0.05, 0) is 25.1 Å². The maximum Gasteiger partial charge on any atom is 0.255 e. The van der Waals surface area contributed by atoms with Gasteiger partial charge in [0, 0.05) is 12.0 Å². The summed E-state index contributed by atoms with van der Waals surface area (Å²) in [6.45, 7) is 2.46. The molecule has 0 saturated carbocycles. The third-order valence-electron chi connectivity index (χ3n) is 3.66. The van der Waals surface area contributed by atoms with Crippen LogP contribution in [0.25, 0.3) is 0 Å². The number of rotatable bonds is 2. The van der Waals surface area contributed by atoms with Gasteiger partial charge >= 0.3 is 0 Å². The van der Waals surface area contributed by atoms with E-state index in [0.717, 1.165) is 23.3 Å². The van der Waals surface area contributed by atoms with E-state index in [2.05, 4.69) is 5.32 Å². The lowest BCUT2D eigenvalue weighted by molar-refractivity contribution is 0.0922. The number of carbonyl (C=O) groups is 1. The van der Waals surface area contributed by atoms with Crippen molar-refractivity contribution in [2.45, 2.75) is 19.4 Å². The topological polar surface area (TPSA) is 58.6 Å². The zero-order chi connectivity index (χ0) is 14.8. The monoisotopic (exact) mass is 283 g/mol. The summed E-state index contributed by atoms with van der Waals surface area (Å²) in [5.41, 5.74) is 2.22. The highest BCUT2D eigenvalue weighted by atomic mass is 16.5. The second-order valence-corrected chi connectivity index (χ2v) is 5.22. The molecule has 0 fully saturated rings. The van der Waals surface area contributed by atoms with Gasteiger partial charge < -0.3 is 15.2 Å². The Kier molecular flexibility index (Phi) is 3.52. The molecule has 1 aliphatic rings. The third kappa shape index (κ3) is 2.70. The summed E-state index contributed by atoms with van der Waals surface area (Å²) in [6.07, 6.45) is 0.718. The molecule has 0 aliphatic carbocycles. The van der Waals surface area contributed by atoms with Crippen LogP contribution in [0.3, 0.4) is 0 Å². The van der Waals surface area contributed by atoms with Gasteiger partial charge in [0.15, 0.2) is 0 Å². The molecule has 4 heteroatoms. The van der Waals surface area contributed by atoms with E-state index in [9.17, 15) is 9.90 Å². The van der Waals surface area contributed by atoms with E-state index < -0.39 is 0 Å². The van der Waals surface area contributed by atoms with Gasteiger partial charge in [0.05, 0.1) is 18.2 Å². The molecular weight excluding hydrogens is 266 g/mol. The van der Waals surface area contributed by atoms with Gasteiger partial charge in [-0.2, -0.15) is 0 Å². The molecule has 1 aliphatic heterocycles. The highest BCUT2D eigenvalue weighted by Crippen LogP contribution is 2.32. The van der Waals surface area contributed by atoms with E-state index in [-0.39, 0.29) is 17.7 Å². The molecule has 0 spiro atoms. The smallest absolute Gasteiger partial charge is 0.255 e. The average Bonchev–Trinajstić information content (AvgIpc) is 2.50. The first-order valence-electron chi connectivity index (χ1n) is 6.97. The van der Waals surface area contributed by atoms with E-state index in [0.29, 0.717) is 12.2 Å². The summed E-state index contributed by atoms with van der Waals surface area (Å²) in [6, 6.07) is 12.6. The predicted octanol–water partition coefficient (Wildman–Crippen LogP) is 2.95. The van der Waals surface area contributed by atoms with Crippen molar-refractivity contribution < 1.29 is 14.6 Å². The molecule has 2 aromatic rings. The Balaban J connectivity index is 1.84. The molecule has 0 bridgehead atoms. The quantitative estimate of drug-likeness (QED) is 0.891. The largest absolute Gasteiger partial charge is 0.507 e. The number of fused-ring (bicyclic) bond motifs is 1. The van der Waals surface area contributed by atoms with Crippen LogP contribution in [0.4, 0.5) is 0 Å². The van der Waals surface area contributed by atoms with Crippen molar-refractivity contribution in [1.29, 1.82) is 0 Å². The predicted molar refractivity (Wildman–Crippen MR) is 79.6 cm³/mol. The third-order valence-corrected chi connectivity index (χ3v) is 3.66. The van der Waals surface area contributed by atoms with Gasteiger partial charge in [-0.25, -0.2) is 0 Å². The van der Waals surface area contributed by atoms with Crippen LogP contribution in [0.15, 0.2) is 42.5 Å². The summed E-state index contributed by atoms with van der Waals surface area (Å²) in [7, 11) is 0. The number of aromatic hydroxyl groups is 1. The molecule has 108 valence electrons. The van der Waals surface area contributed by atoms with E-state index in [1.54, 1.807) is 18.2 Å². The maximum atomic E-state index is 12.4. The minimum atomic E-state index is -0.266. The van der Waals surface area contributed by atoms with Crippen LogP contribution in [-0.2, 0) is 0 Å². The first kappa shape index (κ1) is 13.5. The Bertz CT molecular complexity index is 681. The first-order chi connectivity index (χ1) is 10.1. The van der Waals surface area contributed by atoms with Gasteiger partial charge in [-0.3, -0.25) is 4.79 Å². The minimum Gasteiger partial charge on any atom is -0.507 e. The molecule has 21 heavy (non-hydrogen) atoms. The van der Waals surface area contributed by atoms with E-state index in [1.165, 1.54) is 0 Å². The molecule has 3 rings (SSSR count). The standard InChI is InChI=1S/C17H17NO3/c1-11-6-7-15(19)13(10-11)17(20)18-14-8-9-21-16-5-3-2-4-12(14)16/h2-7,10,14,19H,8-9H2,1H3,(H,18,20)/t14-/m0/s1. The van der Waals surface area contributed by atoms with Gasteiger partial charge in [0.2, 0.25) is 0 Å². The van der Waals surface area contributed by atoms with Crippen molar-refractivity contribution in [3.63, 3.8) is 0 Å². The average molecular weight is 283 g/mol. The van der Waals surface area contributed by atoms with Crippen LogP contribution in [0.1, 0.15) is 33.9 Å². The van der Waals surface area contributed by atoms with E-state index in [1.807, 2.05) is 31.2 Å². The first-order valence-corrected chi connectivity index (χ1v) is 6.97. The molecular formula is C17H17NO3. The lowest BCUT2D eigenvalue weighted by Gasteiger charge is -2.26. The molecule has 1 heterocycles. The molecule has 4 nitrogen and oxygen atoms in total. The van der Waals surface area contributed by atoms with Crippen molar-refractivity contribution in [3.8, 4) is 11.5 Å². The maximum absolute atomic E-state index is 12.4. The van der Waals surface area contributed by atoms with Crippen LogP contribution in [0.2, 0.25) is 0 Å². The normalized spacial score (nSPS) is 16.7. The van der Waals surface area contributed by atoms with Crippen molar-refractivity contribution in [3.05, 3.63) is 59.2 Å². The number of hydrogen-bond acceptors (Lipinski definition) is 3. The Labute approximate surface area is 123 Å². The number of carbonyl (C=O) groups excluding carboxylic acids is 1. The zero-order valence-corrected chi connectivity index (χ0v) is 11.8. The van der Waals surface area contributed by atoms with Crippen LogP contribution in [-0.4, -0.2) is 17.6 Å². The number of aryl methyl sites for hydroxylation is 1. The Hall–Kier alpha value is -2.49. The lowest BCUT2D eigenvalue weighted by atomic mass is 10.00. The van der Waals surface area contributed by atoms with Crippen molar-refractivity contribution in [1.82, 2.24) is 5.32 Å². The van der Waals surface area contributed by atoms with Crippen molar-refractivity contribution >= 4 is 5.91 Å². The van der Waals surface area contributed by atoms with Gasteiger partial charge in [-0.15, -0.1) is 0 Å². The lowest BCUT2D eigenvalue weighted by Crippen LogP contribution is -2.32. The summed E-state index contributed by atoms with van der Waals surface area (Å²) in [5.74, 6) is 0.541. The van der Waals surface area contributed by atoms with E-state index in [4.69, 9.17) is 4.74 Å². The second kappa shape index (κ2) is 5.48. The number of hydrogen-bond donors (Lipinski definition) is 2. The summed E-state index contributed by atoms with van der Waals surface area (Å²) >= 11 is 0. The minimum absolute atomic E-state index is 0.00144. The molecule has 2 aromatic carbocycles. The number of benzene rings is 2. The summed E-state index contributed by atoms with van der Waals surface area (Å²) in [5, 5.41) is 12.8. The highest BCUT2D eigenvalue weighted by molar-refractivity contribution is 5.97. The van der Waals surface area contributed by atoms with Gasteiger partial charge in [-0.1, -0.05) is 29.8 Å². The number of phenolic OH excluding ortho intramolecular Hbond substituents is 1. The molecule has 0 radical (unpaired) electrons. The second-order valence-electron chi connectivity index (χ2n) is 5.22. The molecule has 0 aromatic heterocycles. The molecule has 1 amide bonds. The molecule has 0 saturated heterocycles. The Morgan fingerprint density at radius 1 is 1.29 bits per heavy atom. The van der Waals surface area contributed by atoms with Crippen LogP contribution < -0.4 is 10.1 Å². The summed E-state index contributed by atoms with van der Waals surface area (Å²) in [4.78, 5) is 12.4. The zero-order valence-electron chi connectivity index (χ0n) is 11.8. The Morgan fingerprint density at radius 2 is 2.10 bits per heavy atom. The number of ether oxygens (including phenoxy) is 1. The molecule has 1 atom stereocenters. The number of amides is 1. The SMILES string of the molecule is Cc1ccc(O)c(C(=O)N[C@H]2CCOc3ccccc32)c1. The van der Waals surface area contributed by atoms with Crippen molar-refractivity contribution in [2.75, 3.05) is 6.61 Å². The van der Waals surface area contributed by atoms with Crippen molar-refractivity contribution in [2.24, 2.45) is 0 Å². The fourth-order valence-corrected chi connectivity index (χ4v) is 2.56. The van der Waals surface area contributed by atoms with Crippen LogP contribution >= 0.6 is 0 Å². The van der Waals surface area contributed by atoms with Gasteiger partial charge in [0.1, 0.15) is 11.5 Å². The number of phenols is 1. The van der Waals surface area contributed by atoms with Crippen LogP contribution in [0, 0.1) is 6.92 Å². The fraction of sp³-hybridized carbons (Fsp3) is 0.235. The number of para-hydroxylation sites is 1. The van der Waals surface area contributed by atoms with E-state index >= 15 is 0 Å². The summed E-state index contributed by atoms with van der Waals surface area (Å²) < 4.78 is 5.58. The molecule has 2 N–H and O–H groups in total. The fourth-order valence-electron chi connectivity index (χ4n) is 2.56. The van der Waals surface area contributed by atoms with Gasteiger partial charge in [0.25, 0.3) is 5.91 Å². The van der Waals surface area contributed by atoms with Crippen LogP contribution in [0.5, 0.6) is 11.5 Å². The Morgan fingerprint density at radius 3 is 2.95 bits per heavy atom.